The number of halogens is 1. The Morgan fingerprint density at radius 2 is 1.71 bits per heavy atom. The van der Waals surface area contributed by atoms with E-state index in [-0.39, 0.29) is 25.0 Å². The van der Waals surface area contributed by atoms with E-state index < -0.39 is 6.04 Å². The van der Waals surface area contributed by atoms with Gasteiger partial charge in [-0.1, -0.05) is 78.7 Å². The predicted octanol–water partition coefficient (Wildman–Crippen LogP) is 5.50. The molecule has 0 spiro atoms. The topological polar surface area (TPSA) is 58.6 Å². The largest absolute Gasteiger partial charge is 0.483 e. The number of carbonyl (C=O) groups is 2. The lowest BCUT2D eigenvalue weighted by molar-refractivity contribution is -0.142. The molecule has 3 rings (SSSR count). The monoisotopic (exact) mass is 492 g/mol. The van der Waals surface area contributed by atoms with E-state index in [4.69, 9.17) is 16.3 Å². The molecule has 1 N–H and O–H groups in total. The number of amides is 2. The Labute approximate surface area is 213 Å². The zero-order valence-corrected chi connectivity index (χ0v) is 21.3. The van der Waals surface area contributed by atoms with Crippen molar-refractivity contribution in [3.8, 4) is 5.75 Å². The van der Waals surface area contributed by atoms with Crippen molar-refractivity contribution in [2.75, 3.05) is 13.2 Å². The number of ether oxygens (including phenoxy) is 1. The fourth-order valence-corrected chi connectivity index (χ4v) is 4.15. The molecule has 0 bridgehead atoms. The first-order valence-corrected chi connectivity index (χ1v) is 12.3. The summed E-state index contributed by atoms with van der Waals surface area (Å²) >= 11 is 6.21. The molecule has 35 heavy (non-hydrogen) atoms. The van der Waals surface area contributed by atoms with Crippen molar-refractivity contribution in [2.45, 2.75) is 46.2 Å². The molecule has 184 valence electrons. The van der Waals surface area contributed by atoms with Crippen LogP contribution < -0.4 is 10.1 Å². The molecule has 0 saturated carbocycles. The minimum Gasteiger partial charge on any atom is -0.483 e. The summed E-state index contributed by atoms with van der Waals surface area (Å²) in [5.41, 5.74) is 3.90. The predicted molar refractivity (Wildman–Crippen MR) is 141 cm³/mol. The van der Waals surface area contributed by atoms with Gasteiger partial charge in [-0.15, -0.1) is 0 Å². The van der Waals surface area contributed by atoms with Gasteiger partial charge in [-0.05, 0) is 55.2 Å². The number of benzene rings is 3. The highest BCUT2D eigenvalue weighted by molar-refractivity contribution is 6.30. The first kappa shape index (κ1) is 26.3. The summed E-state index contributed by atoms with van der Waals surface area (Å²) in [7, 11) is 0. The second-order valence-electron chi connectivity index (χ2n) is 8.71. The highest BCUT2D eigenvalue weighted by Crippen LogP contribution is 2.21. The van der Waals surface area contributed by atoms with Gasteiger partial charge in [0.25, 0.3) is 5.91 Å². The van der Waals surface area contributed by atoms with Crippen LogP contribution >= 0.6 is 11.6 Å². The van der Waals surface area contributed by atoms with E-state index in [0.29, 0.717) is 23.7 Å². The quantitative estimate of drug-likeness (QED) is 0.384. The fraction of sp³-hybridized carbons (Fsp3) is 0.310. The third kappa shape index (κ3) is 7.86. The molecule has 0 radical (unpaired) electrons. The van der Waals surface area contributed by atoms with Crippen molar-refractivity contribution < 1.29 is 14.3 Å². The van der Waals surface area contributed by atoms with E-state index >= 15 is 0 Å². The van der Waals surface area contributed by atoms with Gasteiger partial charge in [-0.25, -0.2) is 0 Å². The second kappa shape index (κ2) is 13.0. The minimum absolute atomic E-state index is 0.170. The van der Waals surface area contributed by atoms with Crippen molar-refractivity contribution in [1.82, 2.24) is 10.2 Å². The molecule has 0 heterocycles. The van der Waals surface area contributed by atoms with Crippen LogP contribution in [0.25, 0.3) is 0 Å². The maximum Gasteiger partial charge on any atom is 0.261 e. The van der Waals surface area contributed by atoms with Gasteiger partial charge in [0.05, 0.1) is 0 Å². The standard InChI is InChI=1S/C29H33ClN2O3/c1-4-15-31-29(34)26(18-23-9-6-5-7-10-23)32(19-24-11-8-12-25(30)17-24)28(33)20-35-27-14-13-21(2)16-22(27)3/h5-14,16-17,26H,4,15,18-20H2,1-3H3,(H,31,34)/t26-/m1/s1. The SMILES string of the molecule is CCCNC(=O)[C@@H](Cc1ccccc1)N(Cc1cccc(Cl)c1)C(=O)COc1ccc(C)cc1C. The Morgan fingerprint density at radius 3 is 2.40 bits per heavy atom. The average molecular weight is 493 g/mol. The van der Waals surface area contributed by atoms with Gasteiger partial charge in [0.15, 0.2) is 6.61 Å². The van der Waals surface area contributed by atoms with Crippen molar-refractivity contribution in [3.05, 3.63) is 100 Å². The van der Waals surface area contributed by atoms with Crippen LogP contribution in [0.5, 0.6) is 5.75 Å². The van der Waals surface area contributed by atoms with Crippen LogP contribution in [0.4, 0.5) is 0 Å². The zero-order valence-electron chi connectivity index (χ0n) is 20.6. The Balaban J connectivity index is 1.90. The molecule has 0 aliphatic heterocycles. The summed E-state index contributed by atoms with van der Waals surface area (Å²) < 4.78 is 5.91. The molecule has 0 fully saturated rings. The molecular formula is C29H33ClN2O3. The summed E-state index contributed by atoms with van der Waals surface area (Å²) in [6, 6.07) is 22.2. The van der Waals surface area contributed by atoms with Crippen LogP contribution in [0.1, 0.15) is 35.6 Å². The number of hydrogen-bond acceptors (Lipinski definition) is 3. The molecule has 0 aliphatic carbocycles. The molecule has 0 unspecified atom stereocenters. The van der Waals surface area contributed by atoms with Gasteiger partial charge in [0, 0.05) is 24.5 Å². The lowest BCUT2D eigenvalue weighted by Crippen LogP contribution is -2.51. The van der Waals surface area contributed by atoms with Gasteiger partial charge in [0.1, 0.15) is 11.8 Å². The third-order valence-corrected chi connectivity index (χ3v) is 5.98. The molecule has 0 saturated heterocycles. The molecule has 1 atom stereocenters. The first-order chi connectivity index (χ1) is 16.9. The number of hydrogen-bond donors (Lipinski definition) is 1. The minimum atomic E-state index is -0.696. The second-order valence-corrected chi connectivity index (χ2v) is 9.14. The summed E-state index contributed by atoms with van der Waals surface area (Å²) in [6.45, 7) is 6.58. The van der Waals surface area contributed by atoms with Gasteiger partial charge in [0.2, 0.25) is 5.91 Å². The average Bonchev–Trinajstić information content (AvgIpc) is 2.84. The lowest BCUT2D eigenvalue weighted by atomic mass is 10.0. The summed E-state index contributed by atoms with van der Waals surface area (Å²) in [4.78, 5) is 28.5. The van der Waals surface area contributed by atoms with Crippen molar-refractivity contribution in [3.63, 3.8) is 0 Å². The highest BCUT2D eigenvalue weighted by atomic mass is 35.5. The van der Waals surface area contributed by atoms with E-state index in [2.05, 4.69) is 5.32 Å². The number of carbonyl (C=O) groups excluding carboxylic acids is 2. The van der Waals surface area contributed by atoms with Crippen LogP contribution in [0.2, 0.25) is 5.02 Å². The number of rotatable bonds is 11. The van der Waals surface area contributed by atoms with Crippen LogP contribution in [-0.4, -0.2) is 35.9 Å². The highest BCUT2D eigenvalue weighted by Gasteiger charge is 2.30. The van der Waals surface area contributed by atoms with Crippen molar-refractivity contribution >= 4 is 23.4 Å². The van der Waals surface area contributed by atoms with Crippen molar-refractivity contribution in [2.24, 2.45) is 0 Å². The number of aryl methyl sites for hydroxylation is 2. The number of nitrogens with zero attached hydrogens (tertiary/aromatic N) is 1. The summed E-state index contributed by atoms with van der Waals surface area (Å²) in [6.07, 6.45) is 1.20. The lowest BCUT2D eigenvalue weighted by Gasteiger charge is -2.31. The van der Waals surface area contributed by atoms with Gasteiger partial charge in [-0.3, -0.25) is 9.59 Å². The molecular weight excluding hydrogens is 460 g/mol. The van der Waals surface area contributed by atoms with E-state index in [1.807, 2.05) is 87.5 Å². The van der Waals surface area contributed by atoms with E-state index in [1.165, 1.54) is 0 Å². The normalized spacial score (nSPS) is 11.5. The van der Waals surface area contributed by atoms with Crippen molar-refractivity contribution in [1.29, 1.82) is 0 Å². The third-order valence-electron chi connectivity index (χ3n) is 5.74. The van der Waals surface area contributed by atoms with E-state index in [9.17, 15) is 9.59 Å². The van der Waals surface area contributed by atoms with Crippen LogP contribution in [0.15, 0.2) is 72.8 Å². The zero-order chi connectivity index (χ0) is 25.2. The van der Waals surface area contributed by atoms with Gasteiger partial charge < -0.3 is 15.0 Å². The Bertz CT molecular complexity index is 1130. The fourth-order valence-electron chi connectivity index (χ4n) is 3.94. The molecule has 5 nitrogen and oxygen atoms in total. The molecule has 3 aromatic carbocycles. The molecule has 3 aromatic rings. The van der Waals surface area contributed by atoms with Crippen LogP contribution in [0.3, 0.4) is 0 Å². The summed E-state index contributed by atoms with van der Waals surface area (Å²) in [5, 5.41) is 3.55. The molecule has 6 heteroatoms. The van der Waals surface area contributed by atoms with Crippen LogP contribution in [-0.2, 0) is 22.6 Å². The van der Waals surface area contributed by atoms with E-state index in [0.717, 1.165) is 28.7 Å². The van der Waals surface area contributed by atoms with Gasteiger partial charge in [-0.2, -0.15) is 0 Å². The Kier molecular flexibility index (Phi) is 9.74. The smallest absolute Gasteiger partial charge is 0.261 e. The van der Waals surface area contributed by atoms with E-state index in [1.54, 1.807) is 11.0 Å². The molecule has 0 aromatic heterocycles. The van der Waals surface area contributed by atoms with Crippen LogP contribution in [0, 0.1) is 13.8 Å². The number of nitrogens with one attached hydrogen (secondary N) is 1. The van der Waals surface area contributed by atoms with Gasteiger partial charge >= 0.3 is 0 Å². The molecule has 2 amide bonds. The maximum atomic E-state index is 13.6. The Morgan fingerprint density at radius 1 is 0.971 bits per heavy atom. The molecule has 0 aliphatic rings. The maximum absolute atomic E-state index is 13.6. The first-order valence-electron chi connectivity index (χ1n) is 11.9. The Hall–Kier alpha value is -3.31. The summed E-state index contributed by atoms with van der Waals surface area (Å²) in [5.74, 6) is 0.205.